The topological polar surface area (TPSA) is 59.2 Å². The zero-order chi connectivity index (χ0) is 19.4. The van der Waals surface area contributed by atoms with Crippen molar-refractivity contribution in [3.63, 3.8) is 0 Å². The fraction of sp³-hybridized carbons (Fsp3) is 0.286. The molecule has 0 aliphatic heterocycles. The quantitative estimate of drug-likeness (QED) is 0.600. The molecule has 140 valence electrons. The minimum atomic E-state index is -0.0566. The SMILES string of the molecule is CCc1ccc(C(=O)N(Cc2nnc(-c3ccc(Cl)cc3)o2)C(C)C)cc1. The first-order valence-corrected chi connectivity index (χ1v) is 9.34. The molecule has 0 fully saturated rings. The monoisotopic (exact) mass is 383 g/mol. The van der Waals surface area contributed by atoms with Crippen LogP contribution >= 0.6 is 11.6 Å². The lowest BCUT2D eigenvalue weighted by Gasteiger charge is -2.25. The van der Waals surface area contributed by atoms with E-state index in [9.17, 15) is 4.79 Å². The zero-order valence-electron chi connectivity index (χ0n) is 15.6. The van der Waals surface area contributed by atoms with Crippen LogP contribution in [0.15, 0.2) is 52.9 Å². The van der Waals surface area contributed by atoms with Crippen LogP contribution in [0, 0.1) is 0 Å². The van der Waals surface area contributed by atoms with Crippen molar-refractivity contribution in [2.24, 2.45) is 0 Å². The Kier molecular flexibility index (Phi) is 5.91. The summed E-state index contributed by atoms with van der Waals surface area (Å²) < 4.78 is 5.75. The number of carbonyl (C=O) groups excluding carboxylic acids is 1. The van der Waals surface area contributed by atoms with E-state index < -0.39 is 0 Å². The average Bonchev–Trinajstić information content (AvgIpc) is 3.14. The van der Waals surface area contributed by atoms with Gasteiger partial charge in [-0.25, -0.2) is 0 Å². The van der Waals surface area contributed by atoms with Gasteiger partial charge in [0.1, 0.15) is 0 Å². The molecule has 0 aliphatic rings. The molecule has 0 aliphatic carbocycles. The van der Waals surface area contributed by atoms with Crippen molar-refractivity contribution in [3.05, 3.63) is 70.6 Å². The van der Waals surface area contributed by atoms with Crippen molar-refractivity contribution in [2.75, 3.05) is 0 Å². The molecule has 0 N–H and O–H groups in total. The van der Waals surface area contributed by atoms with Crippen LogP contribution in [0.1, 0.15) is 42.6 Å². The van der Waals surface area contributed by atoms with Crippen molar-refractivity contribution >= 4 is 17.5 Å². The standard InChI is InChI=1S/C21H22ClN3O2/c1-4-15-5-7-17(8-6-15)21(26)25(14(2)3)13-19-23-24-20(27-19)16-9-11-18(22)12-10-16/h5-12,14H,4,13H2,1-3H3. The van der Waals surface area contributed by atoms with Gasteiger partial charge in [-0.15, -0.1) is 10.2 Å². The first-order valence-electron chi connectivity index (χ1n) is 8.96. The van der Waals surface area contributed by atoms with Crippen LogP contribution in [0.5, 0.6) is 0 Å². The van der Waals surface area contributed by atoms with Crippen molar-refractivity contribution in [1.29, 1.82) is 0 Å². The van der Waals surface area contributed by atoms with Gasteiger partial charge in [-0.2, -0.15) is 0 Å². The second-order valence-electron chi connectivity index (χ2n) is 6.59. The van der Waals surface area contributed by atoms with Gasteiger partial charge in [0, 0.05) is 22.2 Å². The van der Waals surface area contributed by atoms with E-state index in [1.165, 1.54) is 5.56 Å². The molecule has 3 rings (SSSR count). The third kappa shape index (κ3) is 4.55. The summed E-state index contributed by atoms with van der Waals surface area (Å²) in [6.45, 7) is 6.28. The molecule has 6 heteroatoms. The Bertz CT molecular complexity index is 902. The Morgan fingerprint density at radius 2 is 1.74 bits per heavy atom. The molecule has 27 heavy (non-hydrogen) atoms. The van der Waals surface area contributed by atoms with E-state index in [-0.39, 0.29) is 18.5 Å². The van der Waals surface area contributed by atoms with Gasteiger partial charge in [0.15, 0.2) is 0 Å². The number of amides is 1. The van der Waals surface area contributed by atoms with Gasteiger partial charge in [-0.3, -0.25) is 4.79 Å². The van der Waals surface area contributed by atoms with Gasteiger partial charge in [0.05, 0.1) is 6.54 Å². The number of benzene rings is 2. The van der Waals surface area contributed by atoms with E-state index in [0.717, 1.165) is 12.0 Å². The number of carbonyl (C=O) groups is 1. The molecule has 5 nitrogen and oxygen atoms in total. The molecule has 3 aromatic rings. The Morgan fingerprint density at radius 3 is 2.33 bits per heavy atom. The van der Waals surface area contributed by atoms with E-state index >= 15 is 0 Å². The van der Waals surface area contributed by atoms with Crippen LogP contribution in [-0.4, -0.2) is 27.0 Å². The summed E-state index contributed by atoms with van der Waals surface area (Å²) in [7, 11) is 0. The second-order valence-corrected chi connectivity index (χ2v) is 7.02. The van der Waals surface area contributed by atoms with E-state index in [1.807, 2.05) is 50.2 Å². The smallest absolute Gasteiger partial charge is 0.254 e. The third-order valence-corrected chi connectivity index (χ3v) is 4.61. The highest BCUT2D eigenvalue weighted by atomic mass is 35.5. The maximum atomic E-state index is 12.9. The number of aryl methyl sites for hydroxylation is 1. The third-order valence-electron chi connectivity index (χ3n) is 4.36. The van der Waals surface area contributed by atoms with Crippen LogP contribution in [0.2, 0.25) is 5.02 Å². The van der Waals surface area contributed by atoms with Crippen LogP contribution in [-0.2, 0) is 13.0 Å². The molecule has 1 amide bonds. The summed E-state index contributed by atoms with van der Waals surface area (Å²) in [5, 5.41) is 8.83. The van der Waals surface area contributed by atoms with Gasteiger partial charge in [0.2, 0.25) is 11.8 Å². The minimum absolute atomic E-state index is 0.00534. The lowest BCUT2D eigenvalue weighted by atomic mass is 10.1. The number of hydrogen-bond donors (Lipinski definition) is 0. The van der Waals surface area contributed by atoms with Crippen molar-refractivity contribution in [3.8, 4) is 11.5 Å². The highest BCUT2D eigenvalue weighted by molar-refractivity contribution is 6.30. The molecule has 0 unspecified atom stereocenters. The van der Waals surface area contributed by atoms with E-state index in [4.69, 9.17) is 16.0 Å². The highest BCUT2D eigenvalue weighted by Gasteiger charge is 2.22. The molecule has 0 saturated carbocycles. The molecule has 2 aromatic carbocycles. The number of aromatic nitrogens is 2. The fourth-order valence-electron chi connectivity index (χ4n) is 2.71. The number of rotatable bonds is 6. The number of nitrogens with zero attached hydrogens (tertiary/aromatic N) is 3. The van der Waals surface area contributed by atoms with Gasteiger partial charge in [0.25, 0.3) is 5.91 Å². The van der Waals surface area contributed by atoms with Crippen molar-refractivity contribution < 1.29 is 9.21 Å². The van der Waals surface area contributed by atoms with Gasteiger partial charge >= 0.3 is 0 Å². The summed E-state index contributed by atoms with van der Waals surface area (Å²) >= 11 is 5.91. The first-order chi connectivity index (χ1) is 13.0. The maximum absolute atomic E-state index is 12.9. The van der Waals surface area contributed by atoms with Crippen molar-refractivity contribution in [1.82, 2.24) is 15.1 Å². The predicted octanol–water partition coefficient (Wildman–Crippen LogP) is 5.00. The summed E-state index contributed by atoms with van der Waals surface area (Å²) in [5.74, 6) is 0.746. The molecule has 0 bridgehead atoms. The minimum Gasteiger partial charge on any atom is -0.419 e. The number of hydrogen-bond acceptors (Lipinski definition) is 4. The Balaban J connectivity index is 1.78. The normalized spacial score (nSPS) is 11.0. The Labute approximate surface area is 164 Å². The van der Waals surface area contributed by atoms with Crippen LogP contribution in [0.4, 0.5) is 0 Å². The fourth-order valence-corrected chi connectivity index (χ4v) is 2.84. The average molecular weight is 384 g/mol. The van der Waals surface area contributed by atoms with Gasteiger partial charge in [-0.1, -0.05) is 30.7 Å². The Morgan fingerprint density at radius 1 is 1.07 bits per heavy atom. The maximum Gasteiger partial charge on any atom is 0.254 e. The van der Waals surface area contributed by atoms with E-state index in [0.29, 0.717) is 22.4 Å². The molecule has 1 heterocycles. The summed E-state index contributed by atoms with van der Waals surface area (Å²) in [5.41, 5.74) is 2.64. The lowest BCUT2D eigenvalue weighted by molar-refractivity contribution is 0.0672. The van der Waals surface area contributed by atoms with Gasteiger partial charge in [-0.05, 0) is 62.2 Å². The molecular formula is C21H22ClN3O2. The van der Waals surface area contributed by atoms with Crippen LogP contribution < -0.4 is 0 Å². The molecule has 0 radical (unpaired) electrons. The molecule has 1 aromatic heterocycles. The van der Waals surface area contributed by atoms with E-state index in [1.54, 1.807) is 17.0 Å². The molecule has 0 saturated heterocycles. The van der Waals surface area contributed by atoms with Gasteiger partial charge < -0.3 is 9.32 Å². The van der Waals surface area contributed by atoms with Crippen molar-refractivity contribution in [2.45, 2.75) is 39.8 Å². The molecular weight excluding hydrogens is 362 g/mol. The zero-order valence-corrected chi connectivity index (χ0v) is 16.4. The lowest BCUT2D eigenvalue weighted by Crippen LogP contribution is -2.36. The molecule has 0 spiro atoms. The Hall–Kier alpha value is -2.66. The highest BCUT2D eigenvalue weighted by Crippen LogP contribution is 2.21. The number of halogens is 1. The van der Waals surface area contributed by atoms with E-state index in [2.05, 4.69) is 17.1 Å². The summed E-state index contributed by atoms with van der Waals surface area (Å²) in [4.78, 5) is 14.6. The van der Waals surface area contributed by atoms with Crippen LogP contribution in [0.3, 0.4) is 0 Å². The summed E-state index contributed by atoms with van der Waals surface area (Å²) in [6.07, 6.45) is 0.942. The largest absolute Gasteiger partial charge is 0.419 e. The van der Waals surface area contributed by atoms with Crippen LogP contribution in [0.25, 0.3) is 11.5 Å². The molecule has 0 atom stereocenters. The summed E-state index contributed by atoms with van der Waals surface area (Å²) in [6, 6.07) is 14.9. The first kappa shape index (κ1) is 19.1. The predicted molar refractivity (Wildman–Crippen MR) is 106 cm³/mol. The second kappa shape index (κ2) is 8.35.